The van der Waals surface area contributed by atoms with Crippen molar-refractivity contribution >= 4 is 6.29 Å². The molecule has 2 rings (SSSR count). The van der Waals surface area contributed by atoms with Crippen LogP contribution in [0.25, 0.3) is 0 Å². The van der Waals surface area contributed by atoms with Crippen molar-refractivity contribution in [3.05, 3.63) is 41.7 Å². The van der Waals surface area contributed by atoms with Gasteiger partial charge in [0.05, 0.1) is 12.4 Å². The lowest BCUT2D eigenvalue weighted by Gasteiger charge is -2.07. The third-order valence-electron chi connectivity index (χ3n) is 2.67. The summed E-state index contributed by atoms with van der Waals surface area (Å²) < 4.78 is 7.58. The van der Waals surface area contributed by atoms with Crippen molar-refractivity contribution < 1.29 is 9.53 Å². The van der Waals surface area contributed by atoms with Crippen LogP contribution in [0.3, 0.4) is 0 Å². The summed E-state index contributed by atoms with van der Waals surface area (Å²) in [5, 5.41) is 4.21. The molecule has 1 heterocycles. The summed E-state index contributed by atoms with van der Waals surface area (Å²) in [7, 11) is 0. The van der Waals surface area contributed by atoms with Gasteiger partial charge in [0.25, 0.3) is 0 Å². The van der Waals surface area contributed by atoms with Crippen molar-refractivity contribution in [1.82, 2.24) is 9.78 Å². The third kappa shape index (κ3) is 2.59. The van der Waals surface area contributed by atoms with Gasteiger partial charge in [-0.3, -0.25) is 9.48 Å². The number of aromatic nitrogens is 2. The van der Waals surface area contributed by atoms with Gasteiger partial charge in [0.15, 0.2) is 5.75 Å². The van der Waals surface area contributed by atoms with E-state index >= 15 is 0 Å². The minimum absolute atomic E-state index is 0.306. The summed E-state index contributed by atoms with van der Waals surface area (Å²) in [5.74, 6) is 1.44. The minimum Gasteiger partial charge on any atom is -0.454 e. The van der Waals surface area contributed by atoms with E-state index < -0.39 is 0 Å². The Morgan fingerprint density at radius 2 is 2.17 bits per heavy atom. The Kier molecular flexibility index (Phi) is 3.46. The second-order valence-corrected chi connectivity index (χ2v) is 4.49. The Morgan fingerprint density at radius 1 is 1.39 bits per heavy atom. The number of aldehydes is 1. The molecule has 4 nitrogen and oxygen atoms in total. The molecule has 4 heteroatoms. The van der Waals surface area contributed by atoms with Crippen molar-refractivity contribution in [2.24, 2.45) is 0 Å². The van der Waals surface area contributed by atoms with Gasteiger partial charge >= 0.3 is 0 Å². The molecule has 0 saturated heterocycles. The van der Waals surface area contributed by atoms with Gasteiger partial charge in [-0.05, 0) is 44.5 Å². The first-order valence-corrected chi connectivity index (χ1v) is 5.88. The lowest BCUT2D eigenvalue weighted by molar-refractivity contribution is 0.112. The number of benzene rings is 1. The molecule has 0 fully saturated rings. The topological polar surface area (TPSA) is 44.1 Å². The number of ether oxygens (including phenoxy) is 1. The molecule has 2 aromatic rings. The molecular formula is C14H16N2O2. The van der Waals surface area contributed by atoms with E-state index in [4.69, 9.17) is 4.74 Å². The number of rotatable bonds is 4. The molecule has 0 bridgehead atoms. The van der Waals surface area contributed by atoms with Crippen molar-refractivity contribution in [2.45, 2.75) is 26.8 Å². The highest BCUT2D eigenvalue weighted by Gasteiger charge is 2.06. The molecule has 0 saturated carbocycles. The molecule has 94 valence electrons. The summed E-state index contributed by atoms with van der Waals surface area (Å²) in [5.41, 5.74) is 1.58. The Labute approximate surface area is 106 Å². The van der Waals surface area contributed by atoms with Crippen LogP contribution in [0, 0.1) is 6.92 Å². The number of aryl methyl sites for hydroxylation is 1. The van der Waals surface area contributed by atoms with Crippen LogP contribution in [0.2, 0.25) is 0 Å². The van der Waals surface area contributed by atoms with Crippen LogP contribution in [0.15, 0.2) is 30.6 Å². The van der Waals surface area contributed by atoms with Gasteiger partial charge in [-0.25, -0.2) is 0 Å². The molecule has 18 heavy (non-hydrogen) atoms. The maximum absolute atomic E-state index is 10.7. The van der Waals surface area contributed by atoms with Crippen molar-refractivity contribution in [2.75, 3.05) is 0 Å². The van der Waals surface area contributed by atoms with Gasteiger partial charge in [-0.1, -0.05) is 0 Å². The van der Waals surface area contributed by atoms with Gasteiger partial charge in [0, 0.05) is 11.6 Å². The van der Waals surface area contributed by atoms with Gasteiger partial charge in [0.2, 0.25) is 0 Å². The summed E-state index contributed by atoms with van der Waals surface area (Å²) in [6, 6.07) is 5.64. The SMILES string of the molecule is Cc1cc(C=O)ccc1Oc1cnn(C(C)C)c1. The standard InChI is InChI=1S/C14H16N2O2/c1-10(2)16-8-13(7-15-16)18-14-5-4-12(9-17)6-11(14)3/h4-10H,1-3H3. The Hall–Kier alpha value is -2.10. The number of nitrogens with zero attached hydrogens (tertiary/aromatic N) is 2. The van der Waals surface area contributed by atoms with E-state index in [1.54, 1.807) is 24.4 Å². The fourth-order valence-corrected chi connectivity index (χ4v) is 1.64. The lowest BCUT2D eigenvalue weighted by atomic mass is 10.1. The van der Waals surface area contributed by atoms with E-state index in [0.717, 1.165) is 17.6 Å². The third-order valence-corrected chi connectivity index (χ3v) is 2.67. The van der Waals surface area contributed by atoms with E-state index in [1.165, 1.54) is 0 Å². The molecule has 0 N–H and O–H groups in total. The van der Waals surface area contributed by atoms with E-state index in [9.17, 15) is 4.79 Å². The molecular weight excluding hydrogens is 228 g/mol. The molecule has 0 aliphatic rings. The van der Waals surface area contributed by atoms with Crippen molar-refractivity contribution in [3.8, 4) is 11.5 Å². The van der Waals surface area contributed by atoms with Gasteiger partial charge in [-0.15, -0.1) is 0 Å². The highest BCUT2D eigenvalue weighted by molar-refractivity contribution is 5.75. The van der Waals surface area contributed by atoms with Crippen LogP contribution in [-0.2, 0) is 0 Å². The predicted molar refractivity (Wildman–Crippen MR) is 69.3 cm³/mol. The number of carbonyl (C=O) groups excluding carboxylic acids is 1. The first kappa shape index (κ1) is 12.4. The Morgan fingerprint density at radius 3 is 2.72 bits per heavy atom. The smallest absolute Gasteiger partial charge is 0.165 e. The van der Waals surface area contributed by atoms with E-state index in [2.05, 4.69) is 18.9 Å². The fourth-order valence-electron chi connectivity index (χ4n) is 1.64. The number of hydrogen-bond donors (Lipinski definition) is 0. The molecule has 1 aromatic heterocycles. The minimum atomic E-state index is 0.306. The van der Waals surface area contributed by atoms with E-state index in [-0.39, 0.29) is 0 Å². The highest BCUT2D eigenvalue weighted by Crippen LogP contribution is 2.25. The van der Waals surface area contributed by atoms with Crippen LogP contribution in [-0.4, -0.2) is 16.1 Å². The van der Waals surface area contributed by atoms with Gasteiger partial charge in [0.1, 0.15) is 12.0 Å². The number of carbonyl (C=O) groups is 1. The molecule has 0 unspecified atom stereocenters. The lowest BCUT2D eigenvalue weighted by Crippen LogP contribution is -1.99. The molecule has 0 aliphatic carbocycles. The van der Waals surface area contributed by atoms with Gasteiger partial charge in [-0.2, -0.15) is 5.10 Å². The normalized spacial score (nSPS) is 10.7. The van der Waals surface area contributed by atoms with Crippen LogP contribution in [0.5, 0.6) is 11.5 Å². The van der Waals surface area contributed by atoms with Gasteiger partial charge < -0.3 is 4.74 Å². The summed E-state index contributed by atoms with van der Waals surface area (Å²) in [6.07, 6.45) is 4.37. The Bertz CT molecular complexity index is 559. The maximum Gasteiger partial charge on any atom is 0.165 e. The average molecular weight is 244 g/mol. The first-order chi connectivity index (χ1) is 8.60. The maximum atomic E-state index is 10.7. The number of hydrogen-bond acceptors (Lipinski definition) is 3. The van der Waals surface area contributed by atoms with Crippen LogP contribution in [0.1, 0.15) is 35.8 Å². The first-order valence-electron chi connectivity index (χ1n) is 5.88. The summed E-state index contributed by atoms with van der Waals surface area (Å²) in [4.78, 5) is 10.7. The molecule has 0 spiro atoms. The van der Waals surface area contributed by atoms with E-state index in [0.29, 0.717) is 17.4 Å². The molecule has 0 aliphatic heterocycles. The Balaban J connectivity index is 2.20. The highest BCUT2D eigenvalue weighted by atomic mass is 16.5. The monoisotopic (exact) mass is 244 g/mol. The van der Waals surface area contributed by atoms with Crippen LogP contribution in [0.4, 0.5) is 0 Å². The quantitative estimate of drug-likeness (QED) is 0.774. The second kappa shape index (κ2) is 5.04. The molecule has 1 aromatic carbocycles. The van der Waals surface area contributed by atoms with E-state index in [1.807, 2.05) is 17.8 Å². The van der Waals surface area contributed by atoms with Crippen LogP contribution < -0.4 is 4.74 Å². The molecule has 0 atom stereocenters. The fraction of sp³-hybridized carbons (Fsp3) is 0.286. The average Bonchev–Trinajstić information content (AvgIpc) is 2.80. The second-order valence-electron chi connectivity index (χ2n) is 4.49. The molecule has 0 amide bonds. The van der Waals surface area contributed by atoms with Crippen molar-refractivity contribution in [3.63, 3.8) is 0 Å². The van der Waals surface area contributed by atoms with Crippen molar-refractivity contribution in [1.29, 1.82) is 0 Å². The zero-order valence-electron chi connectivity index (χ0n) is 10.8. The summed E-state index contributed by atoms with van der Waals surface area (Å²) in [6.45, 7) is 6.02. The summed E-state index contributed by atoms with van der Waals surface area (Å²) >= 11 is 0. The zero-order chi connectivity index (χ0) is 13.1. The largest absolute Gasteiger partial charge is 0.454 e. The van der Waals surface area contributed by atoms with Crippen LogP contribution >= 0.6 is 0 Å². The molecule has 0 radical (unpaired) electrons. The predicted octanol–water partition coefficient (Wildman–Crippen LogP) is 3.38. The zero-order valence-corrected chi connectivity index (χ0v) is 10.8.